The van der Waals surface area contributed by atoms with Crippen molar-refractivity contribution in [3.05, 3.63) is 206 Å². The first kappa shape index (κ1) is 32.3. The van der Waals surface area contributed by atoms with E-state index in [1.54, 1.807) is 0 Å². The Bertz CT molecular complexity index is 3410. The van der Waals surface area contributed by atoms with Crippen molar-refractivity contribution in [3.63, 3.8) is 0 Å². The molecule has 4 aromatic heterocycles. The Kier molecular flexibility index (Phi) is 7.13. The SMILES string of the molecule is c1ccc(-c2nnc(-c3ccccc3)n2-c2ccc(-n3c4cc5ccn(-c6ccccc6)c5cc4c4ccc5c6ccccc6n(-c6ccccc6)c5c43)cc2)cc1. The second kappa shape index (κ2) is 12.8. The van der Waals surface area contributed by atoms with Crippen LogP contribution < -0.4 is 0 Å². The molecule has 0 radical (unpaired) electrons. The lowest BCUT2D eigenvalue weighted by molar-refractivity contribution is 1.07. The first-order valence-corrected chi connectivity index (χ1v) is 19.6. The van der Waals surface area contributed by atoms with E-state index in [1.807, 2.05) is 36.4 Å². The van der Waals surface area contributed by atoms with E-state index in [0.29, 0.717) is 0 Å². The van der Waals surface area contributed by atoms with E-state index in [1.165, 1.54) is 49.0 Å². The number of rotatable bonds is 6. The molecule has 0 atom stereocenters. The molecule has 0 saturated carbocycles. The summed E-state index contributed by atoms with van der Waals surface area (Å²) in [6, 6.07) is 71.2. The molecule has 0 aliphatic heterocycles. The van der Waals surface area contributed by atoms with Gasteiger partial charge in [0.05, 0.1) is 27.6 Å². The first-order valence-electron chi connectivity index (χ1n) is 19.6. The van der Waals surface area contributed by atoms with Crippen molar-refractivity contribution in [2.45, 2.75) is 0 Å². The quantitative estimate of drug-likeness (QED) is 0.170. The lowest BCUT2D eigenvalue weighted by Gasteiger charge is -2.14. The highest BCUT2D eigenvalue weighted by atomic mass is 15.3. The fraction of sp³-hybridized carbons (Fsp3) is 0. The molecule has 0 bridgehead atoms. The van der Waals surface area contributed by atoms with E-state index in [4.69, 9.17) is 10.2 Å². The number of fused-ring (bicyclic) bond motifs is 8. The molecule has 0 fully saturated rings. The lowest BCUT2D eigenvalue weighted by atomic mass is 10.1. The fourth-order valence-corrected chi connectivity index (χ4v) is 8.93. The summed E-state index contributed by atoms with van der Waals surface area (Å²) in [4.78, 5) is 0. The lowest BCUT2D eigenvalue weighted by Crippen LogP contribution is -2.02. The van der Waals surface area contributed by atoms with Gasteiger partial charge >= 0.3 is 0 Å². The van der Waals surface area contributed by atoms with E-state index in [-0.39, 0.29) is 0 Å². The number of benzene rings is 8. The summed E-state index contributed by atoms with van der Waals surface area (Å²) in [6.45, 7) is 0. The third-order valence-electron chi connectivity index (χ3n) is 11.5. The van der Waals surface area contributed by atoms with Gasteiger partial charge in [-0.3, -0.25) is 4.57 Å². The average molecular weight is 743 g/mol. The van der Waals surface area contributed by atoms with Crippen molar-refractivity contribution in [3.8, 4) is 45.5 Å². The topological polar surface area (TPSA) is 45.5 Å². The molecule has 6 heteroatoms. The second-order valence-electron chi connectivity index (χ2n) is 14.8. The molecule has 0 aliphatic carbocycles. The minimum Gasteiger partial charge on any atom is -0.317 e. The van der Waals surface area contributed by atoms with Crippen LogP contribution in [0.25, 0.3) is 100 Å². The summed E-state index contributed by atoms with van der Waals surface area (Å²) in [6.07, 6.45) is 2.18. The Labute approximate surface area is 333 Å². The van der Waals surface area contributed by atoms with Gasteiger partial charge in [-0.05, 0) is 72.8 Å². The van der Waals surface area contributed by atoms with Crippen molar-refractivity contribution in [2.24, 2.45) is 0 Å². The molecule has 0 N–H and O–H groups in total. The normalized spacial score (nSPS) is 11.8. The Morgan fingerprint density at radius 1 is 0.310 bits per heavy atom. The molecule has 12 rings (SSSR count). The Balaban J connectivity index is 1.16. The van der Waals surface area contributed by atoms with E-state index < -0.39 is 0 Å². The van der Waals surface area contributed by atoms with Crippen molar-refractivity contribution in [1.29, 1.82) is 0 Å². The van der Waals surface area contributed by atoms with Gasteiger partial charge in [-0.25, -0.2) is 0 Å². The highest BCUT2D eigenvalue weighted by molar-refractivity contribution is 6.25. The number of hydrogen-bond acceptors (Lipinski definition) is 2. The molecule has 272 valence electrons. The Morgan fingerprint density at radius 3 is 1.41 bits per heavy atom. The van der Waals surface area contributed by atoms with Crippen LogP contribution in [0.1, 0.15) is 0 Å². The molecule has 58 heavy (non-hydrogen) atoms. The van der Waals surface area contributed by atoms with Crippen LogP contribution in [0, 0.1) is 0 Å². The van der Waals surface area contributed by atoms with Gasteiger partial charge < -0.3 is 13.7 Å². The zero-order chi connectivity index (χ0) is 38.2. The standard InChI is InChI=1S/C52H34N6/c1-5-15-35(16-6-1)51-53-54-52(36-17-7-2-8-18-36)58(51)41-27-25-40(26-28-41)57-48-33-37-31-32-55(38-19-9-3-10-20-38)47(37)34-45(48)44-30-29-43-42-23-13-14-24-46(42)56(49(43)50(44)57)39-21-11-4-12-22-39/h1-34H. The molecular weight excluding hydrogens is 709 g/mol. The maximum Gasteiger partial charge on any atom is 0.168 e. The van der Waals surface area contributed by atoms with Gasteiger partial charge in [0.15, 0.2) is 11.6 Å². The predicted octanol–water partition coefficient (Wildman–Crippen LogP) is 12.7. The maximum absolute atomic E-state index is 4.74. The van der Waals surface area contributed by atoms with Crippen LogP contribution in [0.4, 0.5) is 0 Å². The summed E-state index contributed by atoms with van der Waals surface area (Å²) in [5.41, 5.74) is 12.2. The predicted molar refractivity (Wildman–Crippen MR) is 238 cm³/mol. The minimum absolute atomic E-state index is 0.795. The van der Waals surface area contributed by atoms with Gasteiger partial charge in [0.1, 0.15) is 0 Å². The number of aromatic nitrogens is 6. The van der Waals surface area contributed by atoms with Gasteiger partial charge in [0.2, 0.25) is 0 Å². The van der Waals surface area contributed by atoms with Crippen LogP contribution >= 0.6 is 0 Å². The van der Waals surface area contributed by atoms with Crippen molar-refractivity contribution < 1.29 is 0 Å². The van der Waals surface area contributed by atoms with Gasteiger partial charge in [-0.15, -0.1) is 10.2 Å². The van der Waals surface area contributed by atoms with Crippen molar-refractivity contribution >= 4 is 54.5 Å². The van der Waals surface area contributed by atoms with Gasteiger partial charge in [0.25, 0.3) is 0 Å². The molecular formula is C52H34N6. The molecule has 0 amide bonds. The molecule has 0 unspecified atom stereocenters. The van der Waals surface area contributed by atoms with E-state index in [2.05, 4.69) is 188 Å². The Hall–Kier alpha value is -7.96. The molecule has 0 spiro atoms. The van der Waals surface area contributed by atoms with Crippen molar-refractivity contribution in [2.75, 3.05) is 0 Å². The van der Waals surface area contributed by atoms with Crippen LogP contribution in [0.2, 0.25) is 0 Å². The molecule has 0 saturated heterocycles. The number of para-hydroxylation sites is 3. The molecule has 0 aliphatic rings. The summed E-state index contributed by atoms with van der Waals surface area (Å²) in [7, 11) is 0. The fourth-order valence-electron chi connectivity index (χ4n) is 8.93. The summed E-state index contributed by atoms with van der Waals surface area (Å²) in [5, 5.41) is 15.5. The van der Waals surface area contributed by atoms with Crippen LogP contribution in [-0.4, -0.2) is 28.5 Å². The first-order chi connectivity index (χ1) is 28.8. The van der Waals surface area contributed by atoms with Crippen LogP contribution in [0.15, 0.2) is 206 Å². The van der Waals surface area contributed by atoms with Crippen LogP contribution in [-0.2, 0) is 0 Å². The zero-order valence-electron chi connectivity index (χ0n) is 31.3. The van der Waals surface area contributed by atoms with Crippen molar-refractivity contribution in [1.82, 2.24) is 28.5 Å². The monoisotopic (exact) mass is 742 g/mol. The average Bonchev–Trinajstić information content (AvgIpc) is 4.08. The largest absolute Gasteiger partial charge is 0.317 e. The number of nitrogens with zero attached hydrogens (tertiary/aromatic N) is 6. The Morgan fingerprint density at radius 2 is 0.793 bits per heavy atom. The minimum atomic E-state index is 0.795. The molecule has 4 heterocycles. The third kappa shape index (κ3) is 4.85. The smallest absolute Gasteiger partial charge is 0.168 e. The maximum atomic E-state index is 4.74. The van der Waals surface area contributed by atoms with E-state index >= 15 is 0 Å². The van der Waals surface area contributed by atoms with Gasteiger partial charge in [0, 0.05) is 67.0 Å². The zero-order valence-corrected chi connectivity index (χ0v) is 31.3. The summed E-state index contributed by atoms with van der Waals surface area (Å²) < 4.78 is 9.37. The summed E-state index contributed by atoms with van der Waals surface area (Å²) >= 11 is 0. The third-order valence-corrected chi connectivity index (χ3v) is 11.5. The molecule has 6 nitrogen and oxygen atoms in total. The number of hydrogen-bond donors (Lipinski definition) is 0. The van der Waals surface area contributed by atoms with Gasteiger partial charge in [-0.2, -0.15) is 0 Å². The highest BCUT2D eigenvalue weighted by Gasteiger charge is 2.23. The highest BCUT2D eigenvalue weighted by Crippen LogP contribution is 2.43. The molecule has 12 aromatic rings. The molecule has 8 aromatic carbocycles. The second-order valence-corrected chi connectivity index (χ2v) is 14.8. The van der Waals surface area contributed by atoms with Gasteiger partial charge in [-0.1, -0.05) is 127 Å². The van der Waals surface area contributed by atoms with E-state index in [0.717, 1.165) is 51.0 Å². The van der Waals surface area contributed by atoms with E-state index in [9.17, 15) is 0 Å². The van der Waals surface area contributed by atoms with Crippen LogP contribution in [0.5, 0.6) is 0 Å². The van der Waals surface area contributed by atoms with Crippen LogP contribution in [0.3, 0.4) is 0 Å². The summed E-state index contributed by atoms with van der Waals surface area (Å²) in [5.74, 6) is 1.59.